The number of hydrogen-bond acceptors (Lipinski definition) is 8. The molecule has 0 aliphatic carbocycles. The van der Waals surface area contributed by atoms with Gasteiger partial charge in [0.15, 0.2) is 5.17 Å². The zero-order valence-electron chi connectivity index (χ0n) is 17.5. The molecule has 2 aromatic rings. The first kappa shape index (κ1) is 23.8. The summed E-state index contributed by atoms with van der Waals surface area (Å²) in [5.74, 6) is -2.13. The Kier molecular flexibility index (Phi) is 6.61. The average molecular weight is 497 g/mol. The number of hydrogen-bond donors (Lipinski definition) is 3. The lowest BCUT2D eigenvalue weighted by Gasteiger charge is -2.36. The largest absolute Gasteiger partial charge is 0.480 e. The summed E-state index contributed by atoms with van der Waals surface area (Å²) in [6.07, 6.45) is -3.32. The number of nitrogens with one attached hydrogen (secondary N) is 2. The van der Waals surface area contributed by atoms with Crippen LogP contribution >= 0.6 is 11.8 Å². The van der Waals surface area contributed by atoms with Gasteiger partial charge in [0.2, 0.25) is 5.88 Å². The van der Waals surface area contributed by atoms with Crippen LogP contribution in [0.15, 0.2) is 35.6 Å². The standard InChI is InChI=1S/C20H18F3N5O5S/c1-32-14-6-24-13(5-25-14)17(29)26-9-2-3-12(21)10(4-9)20-8-33-15(16(22)23)11(20)7-34-18(28-20)27-19(30)31/h2-6,11,15-16H,7-8H2,1H3,(H,26,29)(H,27,28)(H,30,31)/t11-,15+,20-/m1/s1. The molecule has 0 bridgehead atoms. The normalized spacial score (nSPS) is 23.7. The van der Waals surface area contributed by atoms with E-state index in [-0.39, 0.29) is 33.7 Å². The van der Waals surface area contributed by atoms with Gasteiger partial charge >= 0.3 is 6.09 Å². The van der Waals surface area contributed by atoms with Crippen LogP contribution in [0.25, 0.3) is 0 Å². The minimum Gasteiger partial charge on any atom is -0.480 e. The van der Waals surface area contributed by atoms with Gasteiger partial charge in [-0.1, -0.05) is 11.8 Å². The number of carbonyl (C=O) groups is 2. The maximum atomic E-state index is 15.0. The van der Waals surface area contributed by atoms with E-state index in [1.165, 1.54) is 31.6 Å². The molecule has 2 aliphatic rings. The summed E-state index contributed by atoms with van der Waals surface area (Å²) in [7, 11) is 1.39. The number of amidine groups is 1. The third-order valence-electron chi connectivity index (χ3n) is 5.43. The van der Waals surface area contributed by atoms with E-state index in [1.807, 2.05) is 0 Å². The molecule has 4 rings (SSSR count). The molecule has 34 heavy (non-hydrogen) atoms. The second kappa shape index (κ2) is 9.46. The van der Waals surface area contributed by atoms with Gasteiger partial charge in [0, 0.05) is 22.9 Å². The zero-order chi connectivity index (χ0) is 24.5. The van der Waals surface area contributed by atoms with Gasteiger partial charge in [-0.3, -0.25) is 10.1 Å². The highest BCUT2D eigenvalue weighted by Gasteiger charge is 2.57. The van der Waals surface area contributed by atoms with Gasteiger partial charge in [-0.05, 0) is 18.2 Å². The fourth-order valence-electron chi connectivity index (χ4n) is 3.86. The predicted octanol–water partition coefficient (Wildman–Crippen LogP) is 2.72. The van der Waals surface area contributed by atoms with Crippen molar-refractivity contribution >= 4 is 34.6 Å². The number of carbonyl (C=O) groups excluding carboxylic acids is 1. The van der Waals surface area contributed by atoms with E-state index in [9.17, 15) is 18.4 Å². The Morgan fingerprint density at radius 3 is 2.74 bits per heavy atom. The Morgan fingerprint density at radius 2 is 2.09 bits per heavy atom. The van der Waals surface area contributed by atoms with Crippen LogP contribution in [0, 0.1) is 11.7 Å². The Bertz CT molecular complexity index is 1140. The topological polar surface area (TPSA) is 135 Å². The highest BCUT2D eigenvalue weighted by atomic mass is 32.2. The Morgan fingerprint density at radius 1 is 1.29 bits per heavy atom. The van der Waals surface area contributed by atoms with E-state index < -0.39 is 48.4 Å². The Balaban J connectivity index is 1.70. The lowest BCUT2D eigenvalue weighted by molar-refractivity contribution is -0.0359. The number of halogens is 3. The molecule has 0 unspecified atom stereocenters. The van der Waals surface area contributed by atoms with Crippen LogP contribution in [0.5, 0.6) is 5.88 Å². The summed E-state index contributed by atoms with van der Waals surface area (Å²) >= 11 is 0.930. The van der Waals surface area contributed by atoms with Gasteiger partial charge < -0.3 is 19.9 Å². The van der Waals surface area contributed by atoms with Crippen molar-refractivity contribution in [2.24, 2.45) is 10.9 Å². The van der Waals surface area contributed by atoms with Crippen molar-refractivity contribution in [2.45, 2.75) is 18.1 Å². The van der Waals surface area contributed by atoms with E-state index in [2.05, 4.69) is 25.6 Å². The molecule has 3 atom stereocenters. The van der Waals surface area contributed by atoms with E-state index >= 15 is 4.39 Å². The number of amides is 2. The molecular formula is C20H18F3N5O5S. The van der Waals surface area contributed by atoms with Crippen molar-refractivity contribution < 1.29 is 37.3 Å². The molecule has 2 aliphatic heterocycles. The van der Waals surface area contributed by atoms with Crippen molar-refractivity contribution in [2.75, 3.05) is 24.8 Å². The number of methoxy groups -OCH3 is 1. The number of anilines is 1. The number of alkyl halides is 2. The van der Waals surface area contributed by atoms with Crippen molar-refractivity contribution in [1.82, 2.24) is 15.3 Å². The fraction of sp³-hybridized carbons (Fsp3) is 0.350. The first-order valence-electron chi connectivity index (χ1n) is 9.83. The number of rotatable bonds is 5. The first-order valence-corrected chi connectivity index (χ1v) is 10.8. The van der Waals surface area contributed by atoms with Gasteiger partial charge in [0.1, 0.15) is 23.2 Å². The minimum absolute atomic E-state index is 0.0194. The van der Waals surface area contributed by atoms with Crippen LogP contribution in [0.4, 0.5) is 23.7 Å². The molecule has 3 heterocycles. The minimum atomic E-state index is -2.85. The highest BCUT2D eigenvalue weighted by molar-refractivity contribution is 8.13. The smallest absolute Gasteiger partial charge is 0.410 e. The van der Waals surface area contributed by atoms with Crippen molar-refractivity contribution in [3.05, 3.63) is 47.7 Å². The van der Waals surface area contributed by atoms with E-state index in [0.717, 1.165) is 17.8 Å². The summed E-state index contributed by atoms with van der Waals surface area (Å²) in [6.45, 7) is -0.393. The number of nitrogens with zero attached hydrogens (tertiary/aromatic N) is 3. The summed E-state index contributed by atoms with van der Waals surface area (Å²) in [4.78, 5) is 35.8. The SMILES string of the molecule is COc1cnc(C(=O)Nc2ccc(F)c([C@]34CO[C@H](C(F)F)[C@H]3CSC(NC(=O)O)=N4)c2)cn1. The second-order valence-electron chi connectivity index (χ2n) is 7.39. The monoisotopic (exact) mass is 497 g/mol. The molecular weight excluding hydrogens is 479 g/mol. The molecule has 1 aromatic carbocycles. The van der Waals surface area contributed by atoms with Gasteiger partial charge in [-0.15, -0.1) is 0 Å². The summed E-state index contributed by atoms with van der Waals surface area (Å²) in [6, 6.07) is 3.62. The first-order chi connectivity index (χ1) is 16.2. The van der Waals surface area contributed by atoms with Crippen molar-refractivity contribution in [1.29, 1.82) is 0 Å². The Labute approximate surface area is 195 Å². The van der Waals surface area contributed by atoms with Crippen LogP contribution in [0.2, 0.25) is 0 Å². The third-order valence-corrected chi connectivity index (χ3v) is 6.42. The molecule has 0 saturated carbocycles. The molecule has 14 heteroatoms. The van der Waals surface area contributed by atoms with Crippen LogP contribution in [-0.2, 0) is 10.3 Å². The molecule has 1 saturated heterocycles. The van der Waals surface area contributed by atoms with Gasteiger partial charge in [-0.2, -0.15) is 0 Å². The van der Waals surface area contributed by atoms with Crippen LogP contribution < -0.4 is 15.4 Å². The molecule has 0 radical (unpaired) electrons. The van der Waals surface area contributed by atoms with Crippen molar-refractivity contribution in [3.63, 3.8) is 0 Å². The maximum Gasteiger partial charge on any atom is 0.410 e. The molecule has 2 amide bonds. The average Bonchev–Trinajstić information content (AvgIpc) is 3.20. The molecule has 0 spiro atoms. The van der Waals surface area contributed by atoms with E-state index in [1.54, 1.807) is 0 Å². The van der Waals surface area contributed by atoms with Crippen LogP contribution in [0.1, 0.15) is 16.1 Å². The lowest BCUT2D eigenvalue weighted by Crippen LogP contribution is -2.45. The highest BCUT2D eigenvalue weighted by Crippen LogP contribution is 2.50. The molecule has 1 fully saturated rings. The molecule has 1 aromatic heterocycles. The van der Waals surface area contributed by atoms with Crippen LogP contribution in [0.3, 0.4) is 0 Å². The lowest BCUT2D eigenvalue weighted by atomic mass is 9.78. The van der Waals surface area contributed by atoms with Gasteiger partial charge in [0.05, 0.1) is 26.1 Å². The number of aromatic nitrogens is 2. The number of fused-ring (bicyclic) bond motifs is 1. The number of thioether (sulfide) groups is 1. The number of aliphatic imine (C=N–C) groups is 1. The van der Waals surface area contributed by atoms with Gasteiger partial charge in [-0.25, -0.2) is 32.9 Å². The van der Waals surface area contributed by atoms with E-state index in [4.69, 9.17) is 14.6 Å². The summed E-state index contributed by atoms with van der Waals surface area (Å²) in [5, 5.41) is 13.6. The number of benzene rings is 1. The molecule has 180 valence electrons. The van der Waals surface area contributed by atoms with Crippen molar-refractivity contribution in [3.8, 4) is 5.88 Å². The number of ether oxygens (including phenoxy) is 2. The summed E-state index contributed by atoms with van der Waals surface area (Å²) < 4.78 is 52.5. The fourth-order valence-corrected chi connectivity index (χ4v) is 5.05. The number of carboxylic acid groups (broad SMARTS) is 1. The maximum absolute atomic E-state index is 15.0. The molecule has 10 nitrogen and oxygen atoms in total. The predicted molar refractivity (Wildman–Crippen MR) is 115 cm³/mol. The quantitative estimate of drug-likeness (QED) is 0.574. The van der Waals surface area contributed by atoms with E-state index in [0.29, 0.717) is 0 Å². The summed E-state index contributed by atoms with van der Waals surface area (Å²) in [5.41, 5.74) is -1.61. The van der Waals surface area contributed by atoms with Crippen LogP contribution in [-0.4, -0.2) is 64.2 Å². The third kappa shape index (κ3) is 4.50. The molecule has 3 N–H and O–H groups in total. The second-order valence-corrected chi connectivity index (χ2v) is 8.40. The Hall–Kier alpha value is -3.39. The zero-order valence-corrected chi connectivity index (χ0v) is 18.3. The van der Waals surface area contributed by atoms with Gasteiger partial charge in [0.25, 0.3) is 12.3 Å².